The Morgan fingerprint density at radius 2 is 2.10 bits per heavy atom. The van der Waals surface area contributed by atoms with Crippen LogP contribution < -0.4 is 11.0 Å². The first-order valence-corrected chi connectivity index (χ1v) is 5.87. The maximum atomic E-state index is 12.6. The maximum absolute atomic E-state index is 12.6. The summed E-state index contributed by atoms with van der Waals surface area (Å²) in [4.78, 5) is 25.1. The quantitative estimate of drug-likeness (QED) is 0.888. The van der Waals surface area contributed by atoms with Gasteiger partial charge in [-0.15, -0.1) is 5.10 Å². The van der Waals surface area contributed by atoms with Gasteiger partial charge in [0, 0.05) is 7.05 Å². The van der Waals surface area contributed by atoms with Gasteiger partial charge in [-0.05, 0) is 18.2 Å². The summed E-state index contributed by atoms with van der Waals surface area (Å²) in [7, 11) is 1.31. The Balaban J connectivity index is 2.30. The molecule has 2 aromatic rings. The maximum Gasteiger partial charge on any atom is 0.416 e. The van der Waals surface area contributed by atoms with Crippen LogP contribution in [-0.4, -0.2) is 20.7 Å². The Morgan fingerprint density at radius 1 is 1.43 bits per heavy atom. The molecule has 1 amide bonds. The molecule has 0 aliphatic rings. The minimum Gasteiger partial charge on any atom is -0.318 e. The summed E-state index contributed by atoms with van der Waals surface area (Å²) in [5.41, 5.74) is -1.82. The lowest BCUT2D eigenvalue weighted by Gasteiger charge is -2.10. The Bertz CT molecular complexity index is 751. The number of aromatic amines is 1. The van der Waals surface area contributed by atoms with Crippen LogP contribution in [0.1, 0.15) is 16.2 Å². The second-order valence-electron chi connectivity index (χ2n) is 4.05. The summed E-state index contributed by atoms with van der Waals surface area (Å²) in [6, 6.07) is 2.50. The number of aromatic nitrogens is 3. The monoisotopic (exact) mass is 320 g/mol. The number of alkyl halides is 3. The van der Waals surface area contributed by atoms with Gasteiger partial charge in [0.15, 0.2) is 0 Å². The van der Waals surface area contributed by atoms with E-state index in [2.05, 4.69) is 15.4 Å². The number of aryl methyl sites for hydroxylation is 1. The van der Waals surface area contributed by atoms with Crippen LogP contribution in [0.2, 0.25) is 5.02 Å². The lowest BCUT2D eigenvalue weighted by atomic mass is 10.2. The first-order valence-electron chi connectivity index (χ1n) is 5.50. The minimum absolute atomic E-state index is 0.0744. The number of carbonyl (C=O) groups is 1. The molecule has 0 spiro atoms. The number of hydrogen-bond donors (Lipinski definition) is 2. The molecule has 0 saturated heterocycles. The van der Waals surface area contributed by atoms with Crippen molar-refractivity contribution in [2.24, 2.45) is 7.05 Å². The van der Waals surface area contributed by atoms with E-state index >= 15 is 0 Å². The Morgan fingerprint density at radius 3 is 2.62 bits per heavy atom. The van der Waals surface area contributed by atoms with Crippen LogP contribution in [0.3, 0.4) is 0 Å². The first kappa shape index (κ1) is 15.1. The normalized spacial score (nSPS) is 11.5. The van der Waals surface area contributed by atoms with Crippen LogP contribution in [0, 0.1) is 0 Å². The van der Waals surface area contributed by atoms with E-state index in [-0.39, 0.29) is 16.5 Å². The SMILES string of the molecule is Cn1nc(C(=O)Nc2cc(C(F)(F)F)ccc2Cl)[nH]c1=O. The van der Waals surface area contributed by atoms with Crippen LogP contribution in [0.15, 0.2) is 23.0 Å². The van der Waals surface area contributed by atoms with Gasteiger partial charge in [0.1, 0.15) is 0 Å². The molecule has 0 aliphatic heterocycles. The van der Waals surface area contributed by atoms with Crippen LogP contribution in [-0.2, 0) is 13.2 Å². The highest BCUT2D eigenvalue weighted by atomic mass is 35.5. The molecule has 2 rings (SSSR count). The van der Waals surface area contributed by atoms with Crippen LogP contribution >= 0.6 is 11.6 Å². The summed E-state index contributed by atoms with van der Waals surface area (Å²) in [5, 5.41) is 5.67. The van der Waals surface area contributed by atoms with Crippen molar-refractivity contribution in [3.8, 4) is 0 Å². The van der Waals surface area contributed by atoms with Gasteiger partial charge in [-0.25, -0.2) is 9.48 Å². The highest BCUT2D eigenvalue weighted by Crippen LogP contribution is 2.33. The standard InChI is InChI=1S/C11H8ClF3N4O2/c1-19-10(21)17-8(18-19)9(20)16-7-4-5(11(13,14)15)2-3-6(7)12/h2-4H,1H3,(H,16,20)(H,17,18,21). The zero-order valence-electron chi connectivity index (χ0n) is 10.5. The molecule has 0 fully saturated rings. The van der Waals surface area contributed by atoms with Gasteiger partial charge in [0.25, 0.3) is 5.91 Å². The summed E-state index contributed by atoms with van der Waals surface area (Å²) in [6.07, 6.45) is -4.57. The second kappa shape index (κ2) is 5.24. The van der Waals surface area contributed by atoms with Crippen molar-refractivity contribution in [1.29, 1.82) is 0 Å². The van der Waals surface area contributed by atoms with Crippen LogP contribution in [0.25, 0.3) is 0 Å². The largest absolute Gasteiger partial charge is 0.416 e. The molecule has 112 valence electrons. The van der Waals surface area contributed by atoms with Crippen molar-refractivity contribution in [2.75, 3.05) is 5.32 Å². The van der Waals surface area contributed by atoms with Gasteiger partial charge in [-0.2, -0.15) is 13.2 Å². The van der Waals surface area contributed by atoms with Gasteiger partial charge < -0.3 is 5.32 Å². The number of nitrogens with zero attached hydrogens (tertiary/aromatic N) is 2. The molecule has 1 aromatic heterocycles. The fraction of sp³-hybridized carbons (Fsp3) is 0.182. The number of halogens is 4. The predicted octanol–water partition coefficient (Wildman–Crippen LogP) is 2.03. The summed E-state index contributed by atoms with van der Waals surface area (Å²) in [6.45, 7) is 0. The second-order valence-corrected chi connectivity index (χ2v) is 4.46. The van der Waals surface area contributed by atoms with Crippen molar-refractivity contribution < 1.29 is 18.0 Å². The molecular weight excluding hydrogens is 313 g/mol. The number of H-pyrrole nitrogens is 1. The van der Waals surface area contributed by atoms with E-state index in [4.69, 9.17) is 11.6 Å². The molecule has 0 unspecified atom stereocenters. The number of carbonyl (C=O) groups excluding carboxylic acids is 1. The number of anilines is 1. The van der Waals surface area contributed by atoms with Crippen molar-refractivity contribution >= 4 is 23.2 Å². The molecule has 1 heterocycles. The molecule has 10 heteroatoms. The van der Waals surface area contributed by atoms with Gasteiger partial charge in [0.05, 0.1) is 16.3 Å². The zero-order valence-corrected chi connectivity index (χ0v) is 11.2. The molecular formula is C11H8ClF3N4O2. The van der Waals surface area contributed by atoms with Gasteiger partial charge >= 0.3 is 11.9 Å². The fourth-order valence-electron chi connectivity index (χ4n) is 1.48. The number of hydrogen-bond acceptors (Lipinski definition) is 3. The topological polar surface area (TPSA) is 79.8 Å². The Kier molecular flexibility index (Phi) is 3.77. The molecule has 21 heavy (non-hydrogen) atoms. The summed E-state index contributed by atoms with van der Waals surface area (Å²) >= 11 is 5.73. The average Bonchev–Trinajstić information content (AvgIpc) is 2.71. The van der Waals surface area contributed by atoms with Crippen molar-refractivity contribution in [3.63, 3.8) is 0 Å². The Hall–Kier alpha value is -2.29. The highest BCUT2D eigenvalue weighted by molar-refractivity contribution is 6.33. The molecule has 0 saturated carbocycles. The predicted molar refractivity (Wildman–Crippen MR) is 68.2 cm³/mol. The van der Waals surface area contributed by atoms with Crippen LogP contribution in [0.4, 0.5) is 18.9 Å². The molecule has 0 atom stereocenters. The minimum atomic E-state index is -4.57. The summed E-state index contributed by atoms with van der Waals surface area (Å²) in [5.74, 6) is -1.22. The third-order valence-electron chi connectivity index (χ3n) is 2.53. The lowest BCUT2D eigenvalue weighted by Crippen LogP contribution is -2.16. The van der Waals surface area contributed by atoms with E-state index in [0.29, 0.717) is 6.07 Å². The highest BCUT2D eigenvalue weighted by Gasteiger charge is 2.31. The van der Waals surface area contributed by atoms with E-state index in [0.717, 1.165) is 16.8 Å². The number of amides is 1. The van der Waals surface area contributed by atoms with Crippen molar-refractivity contribution in [2.45, 2.75) is 6.18 Å². The molecule has 2 N–H and O–H groups in total. The first-order chi connectivity index (χ1) is 9.68. The number of benzene rings is 1. The summed E-state index contributed by atoms with van der Waals surface area (Å²) < 4.78 is 38.7. The van der Waals surface area contributed by atoms with E-state index in [9.17, 15) is 22.8 Å². The number of rotatable bonds is 2. The lowest BCUT2D eigenvalue weighted by molar-refractivity contribution is -0.137. The van der Waals surface area contributed by atoms with Crippen molar-refractivity contribution in [3.05, 3.63) is 45.1 Å². The molecule has 0 radical (unpaired) electrons. The smallest absolute Gasteiger partial charge is 0.318 e. The van der Waals surface area contributed by atoms with E-state index in [1.165, 1.54) is 7.05 Å². The third kappa shape index (κ3) is 3.24. The molecule has 0 bridgehead atoms. The van der Waals surface area contributed by atoms with Gasteiger partial charge in [-0.3, -0.25) is 9.78 Å². The molecule has 1 aromatic carbocycles. The third-order valence-corrected chi connectivity index (χ3v) is 2.86. The van der Waals surface area contributed by atoms with Gasteiger partial charge in [-0.1, -0.05) is 11.6 Å². The fourth-order valence-corrected chi connectivity index (χ4v) is 1.65. The van der Waals surface area contributed by atoms with E-state index < -0.39 is 23.3 Å². The number of nitrogens with one attached hydrogen (secondary N) is 2. The van der Waals surface area contributed by atoms with Crippen molar-refractivity contribution in [1.82, 2.24) is 14.8 Å². The van der Waals surface area contributed by atoms with E-state index in [1.54, 1.807) is 0 Å². The van der Waals surface area contributed by atoms with Gasteiger partial charge in [0.2, 0.25) is 5.82 Å². The zero-order chi connectivity index (χ0) is 15.8. The van der Waals surface area contributed by atoms with E-state index in [1.807, 2.05) is 0 Å². The molecule has 0 aliphatic carbocycles. The average molecular weight is 321 g/mol. The van der Waals surface area contributed by atoms with Crippen LogP contribution in [0.5, 0.6) is 0 Å². The molecule has 6 nitrogen and oxygen atoms in total. The Labute approximate surface area is 120 Å².